The Bertz CT molecular complexity index is 1160. The van der Waals surface area contributed by atoms with Gasteiger partial charge in [0.2, 0.25) is 5.91 Å². The molecule has 0 aliphatic carbocycles. The van der Waals surface area contributed by atoms with Crippen molar-refractivity contribution in [1.29, 1.82) is 0 Å². The molecule has 0 bridgehead atoms. The molecule has 2 unspecified atom stereocenters. The maximum atomic E-state index is 12.8. The van der Waals surface area contributed by atoms with Gasteiger partial charge in [-0.05, 0) is 6.92 Å². The number of anilines is 1. The number of halogens is 1. The Kier molecular flexibility index (Phi) is 12.2. The summed E-state index contributed by atoms with van der Waals surface area (Å²) in [7, 11) is -4.12. The van der Waals surface area contributed by atoms with Crippen LogP contribution in [0.25, 0.3) is 0 Å². The molecular formula is C16H19ClN5NaO11S2. The Labute approximate surface area is 234 Å². The molecule has 0 spiro atoms. The van der Waals surface area contributed by atoms with E-state index in [1.807, 2.05) is 0 Å². The molecule has 3 N–H and O–H groups in total. The number of oxime groups is 1. The van der Waals surface area contributed by atoms with Crippen molar-refractivity contribution < 1.29 is 51.3 Å². The van der Waals surface area contributed by atoms with Crippen LogP contribution in [0.15, 0.2) is 10.5 Å². The number of nitrogens with zero attached hydrogens (tertiary/aromatic N) is 3. The fourth-order valence-corrected chi connectivity index (χ4v) is 4.22. The van der Waals surface area contributed by atoms with Gasteiger partial charge in [-0.3, -0.25) is 18.9 Å². The Morgan fingerprint density at radius 3 is 2.53 bits per heavy atom. The summed E-state index contributed by atoms with van der Waals surface area (Å²) in [6.45, 7) is 0.555. The molecule has 3 amide bonds. The van der Waals surface area contributed by atoms with E-state index < -0.39 is 64.4 Å². The number of carbonyl (C=O) groups excluding carboxylic acids is 5. The van der Waals surface area contributed by atoms with Crippen LogP contribution < -0.4 is 10.6 Å². The molecule has 36 heavy (non-hydrogen) atoms. The van der Waals surface area contributed by atoms with Crippen LogP contribution in [0.5, 0.6) is 0 Å². The first-order chi connectivity index (χ1) is 16.4. The third kappa shape index (κ3) is 7.82. The van der Waals surface area contributed by atoms with Gasteiger partial charge in [0.05, 0.1) is 6.61 Å². The zero-order chi connectivity index (χ0) is 26.3. The SMILES string of the molecule is CCOC(=O)COC(=O)C1C(NC(=O)/C(=N\OC)c2csc(NC(=O)CCl)n2)C(=O)N1S(=O)(=O)O.[NaH]. The van der Waals surface area contributed by atoms with Crippen molar-refractivity contribution in [3.8, 4) is 0 Å². The average Bonchev–Trinajstić information content (AvgIpc) is 3.24. The van der Waals surface area contributed by atoms with Crippen molar-refractivity contribution in [3.63, 3.8) is 0 Å². The summed E-state index contributed by atoms with van der Waals surface area (Å²) in [5.41, 5.74) is -0.620. The van der Waals surface area contributed by atoms with Crippen molar-refractivity contribution in [1.82, 2.24) is 14.6 Å². The molecular weight excluding hydrogens is 561 g/mol. The molecule has 194 valence electrons. The molecule has 2 rings (SSSR count). The predicted octanol–water partition coefficient (Wildman–Crippen LogP) is -2.37. The van der Waals surface area contributed by atoms with Crippen LogP contribution in [-0.2, 0) is 48.6 Å². The van der Waals surface area contributed by atoms with Gasteiger partial charge < -0.3 is 24.9 Å². The molecule has 0 aromatic carbocycles. The number of thiazole rings is 1. The standard InChI is InChI=1S/C16H18ClN5O11S2.Na.H/c1-3-32-9(24)5-33-15(27)12-11(14(26)22(12)35(28,29)30)20-13(25)10(21-31-2)7-6-34-16(18-7)19-8(23)4-17;;/h6,11-12H,3-5H2,1-2H3,(H,20,25)(H,18,19,23)(H,28,29,30);;/b21-10-;;. The van der Waals surface area contributed by atoms with Gasteiger partial charge in [-0.1, -0.05) is 5.16 Å². The average molecular weight is 580 g/mol. The quantitative estimate of drug-likeness (QED) is 0.0476. The number of amides is 3. The third-order valence-electron chi connectivity index (χ3n) is 3.98. The molecule has 1 saturated heterocycles. The van der Waals surface area contributed by atoms with Crippen LogP contribution in [0.2, 0.25) is 0 Å². The molecule has 0 radical (unpaired) electrons. The summed E-state index contributed by atoms with van der Waals surface area (Å²) in [5.74, 6) is -5.81. The van der Waals surface area contributed by atoms with Crippen molar-refractivity contribution >= 4 is 103 Å². The van der Waals surface area contributed by atoms with E-state index in [2.05, 4.69) is 35.1 Å². The fraction of sp³-hybridized carbons (Fsp3) is 0.438. The zero-order valence-electron chi connectivity index (χ0n) is 17.9. The minimum absolute atomic E-state index is 0. The Morgan fingerprint density at radius 1 is 1.31 bits per heavy atom. The van der Waals surface area contributed by atoms with Gasteiger partial charge in [0, 0.05) is 5.38 Å². The second-order valence-corrected chi connectivity index (χ2v) is 8.68. The number of esters is 2. The van der Waals surface area contributed by atoms with Gasteiger partial charge in [0.1, 0.15) is 24.7 Å². The minimum atomic E-state index is -5.22. The first-order valence-electron chi connectivity index (χ1n) is 9.31. The predicted molar refractivity (Wildman–Crippen MR) is 124 cm³/mol. The number of aromatic nitrogens is 1. The van der Waals surface area contributed by atoms with Gasteiger partial charge in [0.15, 0.2) is 23.5 Å². The molecule has 1 aromatic heterocycles. The van der Waals surface area contributed by atoms with Crippen LogP contribution in [0, 0.1) is 0 Å². The number of hydrogen-bond acceptors (Lipinski definition) is 13. The van der Waals surface area contributed by atoms with Crippen molar-refractivity contribution in [2.45, 2.75) is 19.0 Å². The number of carbonyl (C=O) groups is 5. The van der Waals surface area contributed by atoms with E-state index in [1.54, 1.807) is 0 Å². The Balaban J connectivity index is 0.00000648. The van der Waals surface area contributed by atoms with Gasteiger partial charge in [-0.15, -0.1) is 22.9 Å². The molecule has 2 heterocycles. The van der Waals surface area contributed by atoms with E-state index in [0.717, 1.165) is 18.4 Å². The van der Waals surface area contributed by atoms with Crippen molar-refractivity contribution in [3.05, 3.63) is 11.1 Å². The van der Waals surface area contributed by atoms with Gasteiger partial charge in [-0.2, -0.15) is 12.7 Å². The first-order valence-corrected chi connectivity index (χ1v) is 12.1. The summed E-state index contributed by atoms with van der Waals surface area (Å²) in [4.78, 5) is 68.8. The van der Waals surface area contributed by atoms with Gasteiger partial charge >= 0.3 is 51.8 Å². The summed E-state index contributed by atoms with van der Waals surface area (Å²) in [6, 6.07) is -3.86. The number of hydrogen-bond donors (Lipinski definition) is 3. The monoisotopic (exact) mass is 579 g/mol. The van der Waals surface area contributed by atoms with E-state index in [0.29, 0.717) is 0 Å². The van der Waals surface area contributed by atoms with Crippen LogP contribution in [0.3, 0.4) is 0 Å². The molecule has 1 aliphatic heterocycles. The van der Waals surface area contributed by atoms with Crippen LogP contribution in [-0.4, -0.2) is 125 Å². The van der Waals surface area contributed by atoms with Gasteiger partial charge in [0.25, 0.3) is 11.8 Å². The number of β-lactam (4-membered cyclic amide) rings is 1. The third-order valence-corrected chi connectivity index (χ3v) is 5.88. The molecule has 1 aromatic rings. The van der Waals surface area contributed by atoms with Gasteiger partial charge in [-0.25, -0.2) is 14.6 Å². The first kappa shape index (κ1) is 31.7. The summed E-state index contributed by atoms with van der Waals surface area (Å²) in [6.07, 6.45) is 0. The summed E-state index contributed by atoms with van der Waals surface area (Å²) >= 11 is 6.30. The second-order valence-electron chi connectivity index (χ2n) is 6.26. The molecule has 0 saturated carbocycles. The van der Waals surface area contributed by atoms with E-state index in [4.69, 9.17) is 11.6 Å². The number of alkyl halides is 1. The van der Waals surface area contributed by atoms with E-state index >= 15 is 0 Å². The molecule has 2 atom stereocenters. The summed E-state index contributed by atoms with van der Waals surface area (Å²) < 4.78 is 41.3. The molecule has 1 fully saturated rings. The van der Waals surface area contributed by atoms with E-state index in [1.165, 1.54) is 12.3 Å². The van der Waals surface area contributed by atoms with Crippen LogP contribution in [0.4, 0.5) is 5.13 Å². The van der Waals surface area contributed by atoms with Crippen LogP contribution in [0.1, 0.15) is 12.6 Å². The molecule has 1 aliphatic rings. The van der Waals surface area contributed by atoms with Crippen LogP contribution >= 0.6 is 22.9 Å². The second kappa shape index (κ2) is 13.8. The fourth-order valence-electron chi connectivity index (χ4n) is 2.61. The van der Waals surface area contributed by atoms with E-state index in [-0.39, 0.29) is 57.2 Å². The molecule has 16 nitrogen and oxygen atoms in total. The Morgan fingerprint density at radius 2 is 1.97 bits per heavy atom. The number of ether oxygens (including phenoxy) is 2. The number of nitrogens with one attached hydrogen (secondary N) is 2. The number of rotatable bonds is 11. The summed E-state index contributed by atoms with van der Waals surface area (Å²) in [5, 5.41) is 9.29. The van der Waals surface area contributed by atoms with E-state index in [9.17, 15) is 36.9 Å². The Hall–Kier alpha value is -2.35. The zero-order valence-corrected chi connectivity index (χ0v) is 20.3. The van der Waals surface area contributed by atoms with Crippen molar-refractivity contribution in [2.75, 3.05) is 31.5 Å². The van der Waals surface area contributed by atoms with Crippen molar-refractivity contribution in [2.24, 2.45) is 5.16 Å². The molecule has 20 heteroatoms. The normalized spacial score (nSPS) is 17.3. The maximum absolute atomic E-state index is 12.8. The topological polar surface area (TPSA) is 220 Å².